The quantitative estimate of drug-likeness (QED) is 0.932. The number of rotatable bonds is 4. The minimum absolute atomic E-state index is 0.0345. The first kappa shape index (κ1) is 12.3. The summed E-state index contributed by atoms with van der Waals surface area (Å²) in [5, 5.41) is 4.92. The summed E-state index contributed by atoms with van der Waals surface area (Å²) in [5.41, 5.74) is 3.19. The third-order valence-electron chi connectivity index (χ3n) is 3.35. The molecule has 1 aromatic heterocycles. The van der Waals surface area contributed by atoms with Gasteiger partial charge in [-0.05, 0) is 30.5 Å². The maximum Gasteiger partial charge on any atom is 0.226 e. The highest BCUT2D eigenvalue weighted by Gasteiger charge is 2.45. The monoisotopic (exact) mass is 276 g/mol. The molecule has 1 aliphatic rings. The molecule has 1 amide bonds. The number of carbonyl (C=O) groups is 1. The zero-order chi connectivity index (χ0) is 13.3. The molecule has 98 valence electrons. The van der Waals surface area contributed by atoms with Crippen LogP contribution in [0.2, 0.25) is 0 Å². The maximum atomic E-state index is 12.9. The molecular weight excluding hydrogens is 263 g/mol. The van der Waals surface area contributed by atoms with E-state index in [1.807, 2.05) is 5.38 Å². The standard InChI is InChI=1S/C14H13FN2OS/c15-11-3-1-10(2-4-11)14(5-6-14)17-13(18)7-12-8-19-9-16-12/h1-4,8-9H,5-7H2,(H,17,18). The van der Waals surface area contributed by atoms with Crippen LogP contribution in [0.1, 0.15) is 24.1 Å². The molecule has 0 unspecified atom stereocenters. The summed E-state index contributed by atoms with van der Waals surface area (Å²) in [6.45, 7) is 0. The molecule has 1 heterocycles. The fraction of sp³-hybridized carbons (Fsp3) is 0.286. The zero-order valence-electron chi connectivity index (χ0n) is 10.2. The Morgan fingerprint density at radius 3 is 2.68 bits per heavy atom. The first-order valence-corrected chi connectivity index (χ1v) is 7.06. The van der Waals surface area contributed by atoms with Crippen LogP contribution in [-0.2, 0) is 16.8 Å². The normalized spacial score (nSPS) is 16.1. The highest BCUT2D eigenvalue weighted by atomic mass is 32.1. The van der Waals surface area contributed by atoms with Crippen molar-refractivity contribution in [3.63, 3.8) is 0 Å². The van der Waals surface area contributed by atoms with Crippen LogP contribution in [0.4, 0.5) is 4.39 Å². The Labute approximate surface area is 114 Å². The van der Waals surface area contributed by atoms with Gasteiger partial charge in [0.1, 0.15) is 5.82 Å². The zero-order valence-corrected chi connectivity index (χ0v) is 11.0. The van der Waals surface area contributed by atoms with Crippen molar-refractivity contribution < 1.29 is 9.18 Å². The summed E-state index contributed by atoms with van der Waals surface area (Å²) in [7, 11) is 0. The van der Waals surface area contributed by atoms with Crippen LogP contribution >= 0.6 is 11.3 Å². The van der Waals surface area contributed by atoms with Crippen molar-refractivity contribution in [1.82, 2.24) is 10.3 Å². The highest BCUT2D eigenvalue weighted by Crippen LogP contribution is 2.45. The molecule has 0 saturated heterocycles. The fourth-order valence-electron chi connectivity index (χ4n) is 2.18. The van der Waals surface area contributed by atoms with Crippen LogP contribution in [0.3, 0.4) is 0 Å². The Morgan fingerprint density at radius 2 is 2.11 bits per heavy atom. The average Bonchev–Trinajstić information content (AvgIpc) is 2.98. The van der Waals surface area contributed by atoms with Crippen molar-refractivity contribution in [3.8, 4) is 0 Å². The minimum atomic E-state index is -0.291. The second-order valence-corrected chi connectivity index (χ2v) is 5.51. The number of benzene rings is 1. The Bertz CT molecular complexity index is 576. The van der Waals surface area contributed by atoms with Crippen molar-refractivity contribution in [1.29, 1.82) is 0 Å². The largest absolute Gasteiger partial charge is 0.346 e. The predicted octanol–water partition coefficient (Wildman–Crippen LogP) is 2.63. The molecular formula is C14H13FN2OS. The van der Waals surface area contributed by atoms with Crippen LogP contribution < -0.4 is 5.32 Å². The van der Waals surface area contributed by atoms with Crippen molar-refractivity contribution in [3.05, 3.63) is 52.2 Å². The second kappa shape index (κ2) is 4.74. The molecule has 5 heteroatoms. The van der Waals surface area contributed by atoms with Gasteiger partial charge in [-0.1, -0.05) is 12.1 Å². The third-order valence-corrected chi connectivity index (χ3v) is 3.99. The van der Waals surface area contributed by atoms with Gasteiger partial charge in [0.25, 0.3) is 0 Å². The maximum absolute atomic E-state index is 12.9. The van der Waals surface area contributed by atoms with Crippen LogP contribution in [0.15, 0.2) is 35.2 Å². The summed E-state index contributed by atoms with van der Waals surface area (Å²) < 4.78 is 12.9. The van der Waals surface area contributed by atoms with Gasteiger partial charge in [0.05, 0.1) is 23.2 Å². The van der Waals surface area contributed by atoms with Gasteiger partial charge in [-0.15, -0.1) is 11.3 Å². The van der Waals surface area contributed by atoms with Crippen LogP contribution in [0.5, 0.6) is 0 Å². The molecule has 1 fully saturated rings. The summed E-state index contributed by atoms with van der Waals surface area (Å²) in [5.74, 6) is -0.291. The minimum Gasteiger partial charge on any atom is -0.346 e. The van der Waals surface area contributed by atoms with Crippen molar-refractivity contribution >= 4 is 17.2 Å². The molecule has 0 radical (unpaired) electrons. The van der Waals surface area contributed by atoms with E-state index in [2.05, 4.69) is 10.3 Å². The Balaban J connectivity index is 1.68. The van der Waals surface area contributed by atoms with Gasteiger partial charge in [-0.2, -0.15) is 0 Å². The van der Waals surface area contributed by atoms with E-state index < -0.39 is 0 Å². The Kier molecular flexibility index (Phi) is 3.06. The van der Waals surface area contributed by atoms with Crippen molar-refractivity contribution in [2.24, 2.45) is 0 Å². The summed E-state index contributed by atoms with van der Waals surface area (Å²) in [6, 6.07) is 6.35. The van der Waals surface area contributed by atoms with Gasteiger partial charge >= 0.3 is 0 Å². The average molecular weight is 276 g/mol. The molecule has 0 spiro atoms. The van der Waals surface area contributed by atoms with Crippen molar-refractivity contribution in [2.75, 3.05) is 0 Å². The van der Waals surface area contributed by atoms with E-state index in [-0.39, 0.29) is 17.3 Å². The lowest BCUT2D eigenvalue weighted by atomic mass is 10.0. The number of carbonyl (C=O) groups excluding carboxylic acids is 1. The lowest BCUT2D eigenvalue weighted by Crippen LogP contribution is -2.35. The predicted molar refractivity (Wildman–Crippen MR) is 71.3 cm³/mol. The lowest BCUT2D eigenvalue weighted by Gasteiger charge is -2.17. The number of hydrogen-bond acceptors (Lipinski definition) is 3. The molecule has 1 saturated carbocycles. The number of aromatic nitrogens is 1. The number of halogens is 1. The number of hydrogen-bond donors (Lipinski definition) is 1. The highest BCUT2D eigenvalue weighted by molar-refractivity contribution is 7.07. The summed E-state index contributed by atoms with van der Waals surface area (Å²) >= 11 is 1.48. The van der Waals surface area contributed by atoms with Crippen LogP contribution in [-0.4, -0.2) is 10.9 Å². The van der Waals surface area contributed by atoms with Crippen LogP contribution in [0, 0.1) is 5.82 Å². The molecule has 19 heavy (non-hydrogen) atoms. The van der Waals surface area contributed by atoms with E-state index in [1.165, 1.54) is 23.5 Å². The van der Waals surface area contributed by atoms with Gasteiger partial charge < -0.3 is 5.32 Å². The topological polar surface area (TPSA) is 42.0 Å². The molecule has 0 bridgehead atoms. The smallest absolute Gasteiger partial charge is 0.226 e. The molecule has 1 aliphatic carbocycles. The number of nitrogens with one attached hydrogen (secondary N) is 1. The number of nitrogens with zero attached hydrogens (tertiary/aromatic N) is 1. The molecule has 0 atom stereocenters. The van der Waals surface area contributed by atoms with Crippen LogP contribution in [0.25, 0.3) is 0 Å². The van der Waals surface area contributed by atoms with E-state index >= 15 is 0 Å². The lowest BCUT2D eigenvalue weighted by molar-refractivity contribution is -0.121. The van der Waals surface area contributed by atoms with Crippen molar-refractivity contribution in [2.45, 2.75) is 24.8 Å². The van der Waals surface area contributed by atoms with E-state index in [0.29, 0.717) is 6.42 Å². The Hall–Kier alpha value is -1.75. The van der Waals surface area contributed by atoms with E-state index in [0.717, 1.165) is 24.1 Å². The molecule has 1 aromatic carbocycles. The molecule has 1 N–H and O–H groups in total. The van der Waals surface area contributed by atoms with E-state index in [9.17, 15) is 9.18 Å². The number of amides is 1. The molecule has 3 rings (SSSR count). The van der Waals surface area contributed by atoms with Gasteiger partial charge in [0, 0.05) is 5.38 Å². The number of thiazole rings is 1. The van der Waals surface area contributed by atoms with Gasteiger partial charge in [0.2, 0.25) is 5.91 Å². The van der Waals surface area contributed by atoms with E-state index in [1.54, 1.807) is 17.6 Å². The second-order valence-electron chi connectivity index (χ2n) is 4.79. The van der Waals surface area contributed by atoms with Gasteiger partial charge in [-0.25, -0.2) is 9.37 Å². The van der Waals surface area contributed by atoms with Gasteiger partial charge in [0.15, 0.2) is 0 Å². The first-order chi connectivity index (χ1) is 9.18. The van der Waals surface area contributed by atoms with E-state index in [4.69, 9.17) is 0 Å². The summed E-state index contributed by atoms with van der Waals surface area (Å²) in [6.07, 6.45) is 2.11. The molecule has 2 aromatic rings. The van der Waals surface area contributed by atoms with Gasteiger partial charge in [-0.3, -0.25) is 4.79 Å². The SMILES string of the molecule is O=C(Cc1cscn1)NC1(c2ccc(F)cc2)CC1. The Morgan fingerprint density at radius 1 is 1.37 bits per heavy atom. The molecule has 0 aliphatic heterocycles. The fourth-order valence-corrected chi connectivity index (χ4v) is 2.74. The molecule has 3 nitrogen and oxygen atoms in total. The first-order valence-electron chi connectivity index (χ1n) is 6.12. The third kappa shape index (κ3) is 2.66. The summed E-state index contributed by atoms with van der Waals surface area (Å²) in [4.78, 5) is 16.1.